The molecule has 0 unspecified atom stereocenters. The molecule has 1 aromatic heterocycles. The molecule has 1 saturated heterocycles. The molecule has 12 atom stereocenters. The van der Waals surface area contributed by atoms with Crippen LogP contribution in [0.5, 0.6) is 0 Å². The Morgan fingerprint density at radius 2 is 1.78 bits per heavy atom. The predicted molar refractivity (Wildman–Crippen MR) is 198 cm³/mol. The van der Waals surface area contributed by atoms with E-state index in [1.54, 1.807) is 4.68 Å². The summed E-state index contributed by atoms with van der Waals surface area (Å²) < 4.78 is 15.9. The molecule has 3 saturated carbocycles. The molecular weight excluding hydrogens is 642 g/mol. The number of amides is 1. The van der Waals surface area contributed by atoms with Crippen molar-refractivity contribution in [1.29, 1.82) is 0 Å². The number of likely N-dealkylation sites (N-methyl/N-ethyl adjacent to an activating group) is 1. The number of aliphatic carboxylic acids is 1. The van der Waals surface area contributed by atoms with Crippen molar-refractivity contribution >= 4 is 11.9 Å². The van der Waals surface area contributed by atoms with Crippen molar-refractivity contribution in [3.05, 3.63) is 23.8 Å². The second-order valence-electron chi connectivity index (χ2n) is 19.7. The van der Waals surface area contributed by atoms with Crippen LogP contribution in [0.25, 0.3) is 0 Å². The van der Waals surface area contributed by atoms with Crippen molar-refractivity contribution in [3.8, 4) is 0 Å². The second kappa shape index (κ2) is 12.6. The zero-order chi connectivity index (χ0) is 37.7. The fourth-order valence-electron chi connectivity index (χ4n) is 12.8. The number of aromatic nitrogens is 3. The van der Waals surface area contributed by atoms with E-state index >= 15 is 0 Å². The summed E-state index contributed by atoms with van der Waals surface area (Å²) in [5.41, 5.74) is 5.41. The molecule has 5 aliphatic rings. The van der Waals surface area contributed by atoms with Crippen LogP contribution in [-0.4, -0.2) is 82.2 Å². The van der Waals surface area contributed by atoms with E-state index in [1.807, 2.05) is 0 Å². The lowest BCUT2D eigenvalue weighted by atomic mass is 9.34. The van der Waals surface area contributed by atoms with Crippen molar-refractivity contribution in [2.75, 3.05) is 33.9 Å². The molecule has 286 valence electrons. The van der Waals surface area contributed by atoms with E-state index in [4.69, 9.17) is 15.2 Å². The van der Waals surface area contributed by atoms with Gasteiger partial charge in [-0.15, -0.1) is 0 Å². The van der Waals surface area contributed by atoms with Gasteiger partial charge < -0.3 is 25.2 Å². The Kier molecular flexibility index (Phi) is 9.53. The van der Waals surface area contributed by atoms with Crippen LogP contribution in [0.3, 0.4) is 0 Å². The smallest absolute Gasteiger partial charge is 0.307 e. The molecule has 1 aliphatic heterocycles. The quantitative estimate of drug-likeness (QED) is 0.252. The van der Waals surface area contributed by atoms with E-state index in [-0.39, 0.29) is 51.6 Å². The van der Waals surface area contributed by atoms with Crippen molar-refractivity contribution in [2.24, 2.45) is 68.3 Å². The molecule has 2 bridgehead atoms. The zero-order valence-electron chi connectivity index (χ0n) is 33.6. The predicted octanol–water partition coefficient (Wildman–Crippen LogP) is 6.87. The minimum absolute atomic E-state index is 0.157. The second-order valence-corrected chi connectivity index (χ2v) is 19.7. The van der Waals surface area contributed by atoms with Gasteiger partial charge in [-0.3, -0.25) is 9.59 Å². The topological polar surface area (TPSA) is 133 Å². The molecule has 1 amide bonds. The number of ether oxygens (including phenoxy) is 2. The third-order valence-electron chi connectivity index (χ3n) is 16.9. The van der Waals surface area contributed by atoms with Crippen molar-refractivity contribution in [3.63, 3.8) is 0 Å². The Morgan fingerprint density at radius 1 is 1.10 bits per heavy atom. The molecular formula is C41H67N5O5. The van der Waals surface area contributed by atoms with E-state index in [2.05, 4.69) is 104 Å². The molecule has 1 aromatic rings. The Hall–Kier alpha value is -2.30. The number of carbonyl (C=O) groups is 2. The van der Waals surface area contributed by atoms with Crippen molar-refractivity contribution in [2.45, 2.75) is 125 Å². The summed E-state index contributed by atoms with van der Waals surface area (Å²) in [4.78, 5) is 33.0. The third-order valence-corrected chi connectivity index (χ3v) is 16.9. The van der Waals surface area contributed by atoms with Gasteiger partial charge in [0.2, 0.25) is 5.82 Å². The first-order chi connectivity index (χ1) is 23.7. The number of fused-ring (bicyclic) bond motifs is 3. The highest BCUT2D eigenvalue weighted by atomic mass is 16.5. The van der Waals surface area contributed by atoms with E-state index in [0.717, 1.165) is 32.1 Å². The van der Waals surface area contributed by atoms with Gasteiger partial charge in [0.25, 0.3) is 5.91 Å². The van der Waals surface area contributed by atoms with E-state index in [9.17, 15) is 14.7 Å². The van der Waals surface area contributed by atoms with Gasteiger partial charge in [0, 0.05) is 11.0 Å². The van der Waals surface area contributed by atoms with Crippen LogP contribution in [-0.2, 0) is 14.3 Å². The number of nitrogens with zero attached hydrogens (tertiary/aromatic N) is 4. The van der Waals surface area contributed by atoms with Gasteiger partial charge in [0.05, 0.1) is 37.9 Å². The van der Waals surface area contributed by atoms with Gasteiger partial charge in [-0.2, -0.15) is 5.10 Å². The van der Waals surface area contributed by atoms with Gasteiger partial charge >= 0.3 is 5.97 Å². The summed E-state index contributed by atoms with van der Waals surface area (Å²) in [6.45, 7) is 24.5. The summed E-state index contributed by atoms with van der Waals surface area (Å²) >= 11 is 0. The van der Waals surface area contributed by atoms with Crippen LogP contribution >= 0.6 is 0 Å². The largest absolute Gasteiger partial charge is 0.481 e. The highest BCUT2D eigenvalue weighted by molar-refractivity contribution is 5.89. The highest BCUT2D eigenvalue weighted by Crippen LogP contribution is 2.75. The van der Waals surface area contributed by atoms with Gasteiger partial charge in [-0.05, 0) is 111 Å². The molecule has 6 rings (SSSR count). The number of hydrogen-bond acceptors (Lipinski definition) is 7. The van der Waals surface area contributed by atoms with Crippen LogP contribution < -0.4 is 5.73 Å². The first kappa shape index (κ1) is 38.4. The van der Waals surface area contributed by atoms with Crippen molar-refractivity contribution < 1.29 is 24.2 Å². The number of allylic oxidation sites excluding steroid dienone is 1. The van der Waals surface area contributed by atoms with Crippen LogP contribution in [0.2, 0.25) is 0 Å². The normalized spacial score (nSPS) is 42.4. The first-order valence-electron chi connectivity index (χ1n) is 19.6. The molecule has 2 heterocycles. The SMILES string of the molecule is CC(C)[C@@H](C)[C@@]1(C)CC[C@]2(C)[C@H]3CC[C@@H]4[C@@]5(C)COC[C@@]4(C3=CC[C@@]2(C)[C@@H]1C(=O)O)[C@@H](OC[C@@](C)(C(C)C)N(C)C)[C@H](n1ncnc1C(N)=O)C5. The zero-order valence-corrected chi connectivity index (χ0v) is 33.6. The van der Waals surface area contributed by atoms with Gasteiger partial charge in [0.15, 0.2) is 0 Å². The van der Waals surface area contributed by atoms with Crippen molar-refractivity contribution in [1.82, 2.24) is 19.7 Å². The van der Waals surface area contributed by atoms with Crippen LogP contribution in [0, 0.1) is 62.6 Å². The number of nitrogens with two attached hydrogens (primary N) is 1. The molecule has 0 radical (unpaired) electrons. The van der Waals surface area contributed by atoms with Gasteiger partial charge in [-0.1, -0.05) is 74.0 Å². The summed E-state index contributed by atoms with van der Waals surface area (Å²) in [6.07, 6.45) is 8.89. The standard InChI is InChI=1S/C41H67N5O5/c1-24(2)26(5)37(7)17-18-38(8)27-13-14-30-36(6)19-29(46-34(33(42)47)43-23-44-46)32(51-21-40(10,25(3)4)45(11)12)41(30,22-50-20-36)28(27)15-16-39(38,9)31(37)35(48)49/h15,23-27,29-32H,13-14,16-22H2,1-12H3,(H2,42,47)(H,48,49)/t26-,27+,29-,30-,31-,32+,36-,37-,38-,39+,40+,41+/m1/s1. The van der Waals surface area contributed by atoms with Gasteiger partial charge in [0.1, 0.15) is 6.33 Å². The fraction of sp³-hybridized carbons (Fsp3) is 0.854. The number of carbonyl (C=O) groups excluding carboxylic acids is 1. The molecule has 0 spiro atoms. The highest BCUT2D eigenvalue weighted by Gasteiger charge is 2.73. The lowest BCUT2D eigenvalue weighted by molar-refractivity contribution is -0.256. The minimum Gasteiger partial charge on any atom is -0.481 e. The molecule has 10 nitrogen and oxygen atoms in total. The molecule has 10 heteroatoms. The lowest BCUT2D eigenvalue weighted by Gasteiger charge is -2.71. The molecule has 0 aromatic carbocycles. The Morgan fingerprint density at radius 3 is 2.37 bits per heavy atom. The van der Waals surface area contributed by atoms with E-state index in [0.29, 0.717) is 44.0 Å². The Bertz CT molecular complexity index is 1550. The summed E-state index contributed by atoms with van der Waals surface area (Å²) in [5.74, 6) is -0.100. The Labute approximate surface area is 306 Å². The average molecular weight is 710 g/mol. The fourth-order valence-corrected chi connectivity index (χ4v) is 12.8. The minimum atomic E-state index is -0.656. The maximum absolute atomic E-state index is 13.6. The number of carboxylic acids is 1. The summed E-state index contributed by atoms with van der Waals surface area (Å²) in [7, 11) is 4.23. The Balaban J connectivity index is 1.54. The maximum Gasteiger partial charge on any atom is 0.307 e. The van der Waals surface area contributed by atoms with Gasteiger partial charge in [-0.25, -0.2) is 9.67 Å². The van der Waals surface area contributed by atoms with E-state index in [1.165, 1.54) is 11.9 Å². The number of primary amides is 1. The first-order valence-corrected chi connectivity index (χ1v) is 19.6. The molecule has 4 aliphatic carbocycles. The molecule has 4 fully saturated rings. The van der Waals surface area contributed by atoms with Crippen LogP contribution in [0.15, 0.2) is 18.0 Å². The molecule has 3 N–H and O–H groups in total. The maximum atomic E-state index is 13.6. The summed E-state index contributed by atoms with van der Waals surface area (Å²) in [6, 6.07) is -0.284. The third kappa shape index (κ3) is 5.25. The number of hydrogen-bond donors (Lipinski definition) is 2. The van der Waals surface area contributed by atoms with Crippen LogP contribution in [0.1, 0.15) is 124 Å². The monoisotopic (exact) mass is 710 g/mol. The lowest BCUT2D eigenvalue weighted by Crippen LogP contribution is -2.70. The van der Waals surface area contributed by atoms with E-state index < -0.39 is 28.6 Å². The molecule has 51 heavy (non-hydrogen) atoms. The van der Waals surface area contributed by atoms with Crippen LogP contribution in [0.4, 0.5) is 0 Å². The summed E-state index contributed by atoms with van der Waals surface area (Å²) in [5, 5.41) is 15.8. The average Bonchev–Trinajstić information content (AvgIpc) is 3.54. The number of carboxylic acid groups (broad SMARTS) is 1. The number of rotatable bonds is 10.